The third-order valence-corrected chi connectivity index (χ3v) is 3.77. The molecule has 4 aromatic heterocycles. The molecule has 0 saturated heterocycles. The Kier molecular flexibility index (Phi) is 3.82. The minimum atomic E-state index is 0.410. The van der Waals surface area contributed by atoms with Crippen molar-refractivity contribution >= 4 is 17.4 Å². The summed E-state index contributed by atoms with van der Waals surface area (Å²) in [5.74, 6) is 2.07. The minimum absolute atomic E-state index is 0.410. The molecule has 9 nitrogen and oxygen atoms in total. The molecule has 0 aliphatic rings. The molecule has 9 heteroatoms. The van der Waals surface area contributed by atoms with Crippen molar-refractivity contribution in [3.8, 4) is 11.3 Å². The van der Waals surface area contributed by atoms with Crippen molar-refractivity contribution in [1.29, 1.82) is 0 Å². The van der Waals surface area contributed by atoms with Crippen LogP contribution in [0.25, 0.3) is 16.9 Å². The highest BCUT2D eigenvalue weighted by molar-refractivity contribution is 5.65. The van der Waals surface area contributed by atoms with E-state index in [0.29, 0.717) is 12.6 Å². The van der Waals surface area contributed by atoms with E-state index < -0.39 is 0 Å². The second-order valence-electron chi connectivity index (χ2n) is 5.42. The fourth-order valence-electron chi connectivity index (χ4n) is 2.52. The van der Waals surface area contributed by atoms with Crippen LogP contribution in [0.15, 0.2) is 42.9 Å². The number of fused-ring (bicyclic) bond motifs is 1. The maximum atomic E-state index is 5.13. The Bertz CT molecular complexity index is 1020. The van der Waals surface area contributed by atoms with Crippen LogP contribution in [0.2, 0.25) is 0 Å². The summed E-state index contributed by atoms with van der Waals surface area (Å²) in [4.78, 5) is 8.82. The first kappa shape index (κ1) is 15.2. The van der Waals surface area contributed by atoms with Crippen molar-refractivity contribution < 1.29 is 4.74 Å². The summed E-state index contributed by atoms with van der Waals surface area (Å²) in [7, 11) is 3.48. The predicted molar refractivity (Wildman–Crippen MR) is 91.2 cm³/mol. The molecule has 0 bridgehead atoms. The largest absolute Gasteiger partial charge is 0.377 e. The molecule has 0 atom stereocenters. The average Bonchev–Trinajstić information content (AvgIpc) is 3.22. The molecule has 4 aromatic rings. The monoisotopic (exact) mass is 336 g/mol. The van der Waals surface area contributed by atoms with Crippen LogP contribution in [0.1, 0.15) is 5.82 Å². The molecule has 126 valence electrons. The SMILES string of the molecule is COCc1nnc2cc(-c3ccnc(Nc4ccnn4C)n3)ccn12. The first-order chi connectivity index (χ1) is 12.2. The molecule has 0 radical (unpaired) electrons. The van der Waals surface area contributed by atoms with Crippen molar-refractivity contribution in [2.24, 2.45) is 7.05 Å². The van der Waals surface area contributed by atoms with E-state index >= 15 is 0 Å². The van der Waals surface area contributed by atoms with Gasteiger partial charge in [-0.1, -0.05) is 0 Å². The van der Waals surface area contributed by atoms with Gasteiger partial charge in [0.15, 0.2) is 11.5 Å². The van der Waals surface area contributed by atoms with Crippen LogP contribution in [0.5, 0.6) is 0 Å². The van der Waals surface area contributed by atoms with Gasteiger partial charge in [0.2, 0.25) is 5.95 Å². The second-order valence-corrected chi connectivity index (χ2v) is 5.42. The quantitative estimate of drug-likeness (QED) is 0.594. The Balaban J connectivity index is 1.66. The molecule has 0 saturated carbocycles. The van der Waals surface area contributed by atoms with Gasteiger partial charge in [0.25, 0.3) is 0 Å². The number of hydrogen-bond donors (Lipinski definition) is 1. The van der Waals surface area contributed by atoms with Crippen molar-refractivity contribution in [3.05, 3.63) is 48.7 Å². The Morgan fingerprint density at radius 3 is 2.88 bits per heavy atom. The van der Waals surface area contributed by atoms with E-state index in [9.17, 15) is 0 Å². The summed E-state index contributed by atoms with van der Waals surface area (Å²) >= 11 is 0. The number of anilines is 2. The van der Waals surface area contributed by atoms with Crippen LogP contribution in [-0.4, -0.2) is 41.5 Å². The third-order valence-electron chi connectivity index (χ3n) is 3.77. The highest BCUT2D eigenvalue weighted by atomic mass is 16.5. The van der Waals surface area contributed by atoms with Gasteiger partial charge in [0, 0.05) is 38.2 Å². The number of aryl methyl sites for hydroxylation is 1. The maximum absolute atomic E-state index is 5.13. The second kappa shape index (κ2) is 6.29. The fourth-order valence-corrected chi connectivity index (χ4v) is 2.52. The van der Waals surface area contributed by atoms with E-state index in [2.05, 4.69) is 30.6 Å². The molecular formula is C16H16N8O. The number of ether oxygens (including phenoxy) is 1. The lowest BCUT2D eigenvalue weighted by Crippen LogP contribution is -2.03. The molecule has 0 unspecified atom stereocenters. The van der Waals surface area contributed by atoms with Crippen LogP contribution < -0.4 is 5.32 Å². The zero-order valence-corrected chi connectivity index (χ0v) is 13.8. The number of hydrogen-bond acceptors (Lipinski definition) is 7. The molecular weight excluding hydrogens is 320 g/mol. The summed E-state index contributed by atoms with van der Waals surface area (Å²) in [5, 5.41) is 15.6. The molecule has 0 aromatic carbocycles. The normalized spacial score (nSPS) is 11.1. The molecule has 1 N–H and O–H groups in total. The number of aromatic nitrogens is 7. The number of nitrogens with one attached hydrogen (secondary N) is 1. The van der Waals surface area contributed by atoms with E-state index in [1.165, 1.54) is 0 Å². The van der Waals surface area contributed by atoms with Crippen LogP contribution in [0, 0.1) is 0 Å². The van der Waals surface area contributed by atoms with Gasteiger partial charge in [-0.15, -0.1) is 10.2 Å². The smallest absolute Gasteiger partial charge is 0.228 e. The summed E-state index contributed by atoms with van der Waals surface area (Å²) in [5.41, 5.74) is 2.46. The van der Waals surface area contributed by atoms with Crippen molar-refractivity contribution in [2.75, 3.05) is 12.4 Å². The molecule has 0 amide bonds. The van der Waals surface area contributed by atoms with Gasteiger partial charge in [-0.25, -0.2) is 9.97 Å². The molecule has 4 rings (SSSR count). The van der Waals surface area contributed by atoms with Gasteiger partial charge in [0.05, 0.1) is 11.9 Å². The van der Waals surface area contributed by atoms with Crippen molar-refractivity contribution in [1.82, 2.24) is 34.3 Å². The highest BCUT2D eigenvalue weighted by Gasteiger charge is 2.09. The Morgan fingerprint density at radius 1 is 1.16 bits per heavy atom. The number of methoxy groups -OCH3 is 1. The molecule has 4 heterocycles. The number of nitrogens with zero attached hydrogens (tertiary/aromatic N) is 7. The minimum Gasteiger partial charge on any atom is -0.377 e. The Morgan fingerprint density at radius 2 is 2.08 bits per heavy atom. The lowest BCUT2D eigenvalue weighted by molar-refractivity contribution is 0.177. The van der Waals surface area contributed by atoms with Crippen molar-refractivity contribution in [3.63, 3.8) is 0 Å². The summed E-state index contributed by atoms with van der Waals surface area (Å²) in [6, 6.07) is 7.61. The lowest BCUT2D eigenvalue weighted by atomic mass is 10.2. The summed E-state index contributed by atoms with van der Waals surface area (Å²) in [6.07, 6.45) is 5.34. The van der Waals surface area contributed by atoms with Crippen LogP contribution >= 0.6 is 0 Å². The van der Waals surface area contributed by atoms with Gasteiger partial charge >= 0.3 is 0 Å². The number of pyridine rings is 1. The summed E-state index contributed by atoms with van der Waals surface area (Å²) in [6.45, 7) is 0.410. The van der Waals surface area contributed by atoms with Crippen LogP contribution in [-0.2, 0) is 18.4 Å². The predicted octanol–water partition coefficient (Wildman–Crippen LogP) is 1.81. The van der Waals surface area contributed by atoms with E-state index in [1.807, 2.05) is 41.9 Å². The average molecular weight is 336 g/mol. The topological polar surface area (TPSA) is 95.0 Å². The maximum Gasteiger partial charge on any atom is 0.228 e. The first-order valence-corrected chi connectivity index (χ1v) is 7.65. The zero-order valence-electron chi connectivity index (χ0n) is 13.8. The lowest BCUT2D eigenvalue weighted by Gasteiger charge is -2.07. The van der Waals surface area contributed by atoms with E-state index in [4.69, 9.17) is 4.74 Å². The Labute approximate surface area is 143 Å². The van der Waals surface area contributed by atoms with Crippen LogP contribution in [0.3, 0.4) is 0 Å². The van der Waals surface area contributed by atoms with E-state index in [1.54, 1.807) is 24.2 Å². The van der Waals surface area contributed by atoms with Gasteiger partial charge in [-0.2, -0.15) is 5.10 Å². The van der Waals surface area contributed by atoms with Crippen molar-refractivity contribution in [2.45, 2.75) is 6.61 Å². The molecule has 0 spiro atoms. The fraction of sp³-hybridized carbons (Fsp3) is 0.188. The van der Waals surface area contributed by atoms with Gasteiger partial charge in [-0.05, 0) is 18.2 Å². The number of rotatable bonds is 5. The summed E-state index contributed by atoms with van der Waals surface area (Å²) < 4.78 is 8.73. The standard InChI is InChI=1S/C16H16N8O/c1-23-13(4-7-18-23)20-16-17-6-3-12(19-16)11-5-8-24-14(9-11)21-22-15(24)10-25-2/h3-9H,10H2,1-2H3,(H,17,19,20). The molecule has 25 heavy (non-hydrogen) atoms. The molecule has 0 fully saturated rings. The van der Waals surface area contributed by atoms with Gasteiger partial charge in [-0.3, -0.25) is 9.08 Å². The molecule has 0 aliphatic heterocycles. The Hall–Kier alpha value is -3.33. The molecule has 0 aliphatic carbocycles. The van der Waals surface area contributed by atoms with E-state index in [0.717, 1.165) is 28.5 Å². The third kappa shape index (κ3) is 2.92. The van der Waals surface area contributed by atoms with E-state index in [-0.39, 0.29) is 0 Å². The van der Waals surface area contributed by atoms with Gasteiger partial charge < -0.3 is 10.1 Å². The van der Waals surface area contributed by atoms with Crippen LogP contribution in [0.4, 0.5) is 11.8 Å². The van der Waals surface area contributed by atoms with Gasteiger partial charge in [0.1, 0.15) is 12.4 Å². The highest BCUT2D eigenvalue weighted by Crippen LogP contribution is 2.21. The zero-order chi connectivity index (χ0) is 17.2. The first-order valence-electron chi connectivity index (χ1n) is 7.65.